The number of fused-ring (bicyclic) bond motifs is 1. The highest BCUT2D eigenvalue weighted by atomic mass is 16.6. The molecule has 1 aromatic rings. The number of rotatable bonds is 3. The fourth-order valence-corrected chi connectivity index (χ4v) is 2.36. The molecular weight excluding hydrogens is 302 g/mol. The first-order chi connectivity index (χ1) is 11.2. The minimum atomic E-state index is -0.921. The van der Waals surface area contributed by atoms with Gasteiger partial charge in [0.2, 0.25) is 0 Å². The van der Waals surface area contributed by atoms with E-state index in [9.17, 15) is 9.59 Å². The molecule has 1 saturated heterocycles. The second-order valence-corrected chi connectivity index (χ2v) is 5.27. The van der Waals surface area contributed by atoms with Crippen LogP contribution >= 0.6 is 0 Å². The number of aldehydes is 1. The molecule has 0 aromatic carbocycles. The zero-order valence-electron chi connectivity index (χ0n) is 12.8. The molecule has 3 heterocycles. The number of hydrogen-bond acceptors (Lipinski definition) is 6. The lowest BCUT2D eigenvalue weighted by atomic mass is 10.00. The van der Waals surface area contributed by atoms with Crippen molar-refractivity contribution in [1.29, 1.82) is 0 Å². The Morgan fingerprint density at radius 3 is 2.87 bits per heavy atom. The standard InChI is InChI=1S/C8H7NO3.C7H14N2O2/c10-5-6-3-7-8(4-9-6)12-2-1-11-7;10-7(11)9-5-6-2-1-3-8-4-6/h3-5H,1-2H2;6,8-9H,1-5H2,(H,10,11)/t;6-/m.1/s1. The van der Waals surface area contributed by atoms with Gasteiger partial charge in [0.25, 0.3) is 0 Å². The van der Waals surface area contributed by atoms with Gasteiger partial charge in [-0.25, -0.2) is 9.78 Å². The lowest BCUT2D eigenvalue weighted by Gasteiger charge is -2.22. The summed E-state index contributed by atoms with van der Waals surface area (Å²) in [5, 5.41) is 13.9. The molecule has 3 rings (SSSR count). The molecule has 3 N–H and O–H groups in total. The molecule has 0 aliphatic carbocycles. The quantitative estimate of drug-likeness (QED) is 0.709. The smallest absolute Gasteiger partial charge is 0.404 e. The third-order valence-electron chi connectivity index (χ3n) is 3.51. The van der Waals surface area contributed by atoms with E-state index in [1.807, 2.05) is 0 Å². The molecule has 0 radical (unpaired) electrons. The average molecular weight is 323 g/mol. The Kier molecular flexibility index (Phi) is 6.61. The average Bonchev–Trinajstić information content (AvgIpc) is 2.61. The number of piperidine rings is 1. The summed E-state index contributed by atoms with van der Waals surface area (Å²) in [5.41, 5.74) is 0.360. The Hall–Kier alpha value is -2.35. The van der Waals surface area contributed by atoms with Crippen LogP contribution in [0.1, 0.15) is 23.3 Å². The Morgan fingerprint density at radius 1 is 1.43 bits per heavy atom. The summed E-state index contributed by atoms with van der Waals surface area (Å²) in [6, 6.07) is 1.57. The van der Waals surface area contributed by atoms with Crippen LogP contribution in [0.3, 0.4) is 0 Å². The summed E-state index contributed by atoms with van der Waals surface area (Å²) < 4.78 is 10.5. The van der Waals surface area contributed by atoms with Gasteiger partial charge < -0.3 is 25.2 Å². The van der Waals surface area contributed by atoms with E-state index in [1.54, 1.807) is 6.07 Å². The topological polar surface area (TPSA) is 110 Å². The van der Waals surface area contributed by atoms with Crippen molar-refractivity contribution in [2.24, 2.45) is 5.92 Å². The number of aromatic nitrogens is 1. The number of hydrogen-bond donors (Lipinski definition) is 3. The molecule has 0 spiro atoms. The minimum absolute atomic E-state index is 0.360. The van der Waals surface area contributed by atoms with Crippen LogP contribution in [0, 0.1) is 5.92 Å². The van der Waals surface area contributed by atoms with Crippen LogP contribution in [0.4, 0.5) is 4.79 Å². The predicted octanol–water partition coefficient (Wildman–Crippen LogP) is 0.919. The van der Waals surface area contributed by atoms with Crippen molar-refractivity contribution in [3.63, 3.8) is 0 Å². The lowest BCUT2D eigenvalue weighted by Crippen LogP contribution is -2.37. The van der Waals surface area contributed by atoms with Crippen LogP contribution in [0.2, 0.25) is 0 Å². The Labute approximate surface area is 134 Å². The van der Waals surface area contributed by atoms with Gasteiger partial charge in [0.15, 0.2) is 17.8 Å². The van der Waals surface area contributed by atoms with Crippen molar-refractivity contribution in [3.05, 3.63) is 18.0 Å². The van der Waals surface area contributed by atoms with Crippen LogP contribution in [0.25, 0.3) is 0 Å². The summed E-state index contributed by atoms with van der Waals surface area (Å²) in [6.45, 7) is 3.66. The largest absolute Gasteiger partial charge is 0.486 e. The first-order valence-electron chi connectivity index (χ1n) is 7.57. The summed E-state index contributed by atoms with van der Waals surface area (Å²) >= 11 is 0. The molecule has 2 aliphatic rings. The lowest BCUT2D eigenvalue weighted by molar-refractivity contribution is 0.111. The molecule has 2 aliphatic heterocycles. The van der Waals surface area contributed by atoms with Gasteiger partial charge in [-0.2, -0.15) is 0 Å². The van der Waals surface area contributed by atoms with Gasteiger partial charge in [0.1, 0.15) is 18.9 Å². The summed E-state index contributed by atoms with van der Waals surface area (Å²) in [6.07, 6.45) is 3.55. The summed E-state index contributed by atoms with van der Waals surface area (Å²) in [7, 11) is 0. The van der Waals surface area contributed by atoms with Crippen LogP contribution < -0.4 is 20.1 Å². The fraction of sp³-hybridized carbons (Fsp3) is 0.533. The highest BCUT2D eigenvalue weighted by molar-refractivity contribution is 5.73. The van der Waals surface area contributed by atoms with E-state index in [4.69, 9.17) is 14.6 Å². The predicted molar refractivity (Wildman–Crippen MR) is 82.2 cm³/mol. The van der Waals surface area contributed by atoms with E-state index in [1.165, 1.54) is 6.20 Å². The number of amides is 1. The van der Waals surface area contributed by atoms with Crippen LogP contribution in [0.15, 0.2) is 12.3 Å². The van der Waals surface area contributed by atoms with Gasteiger partial charge in [-0.05, 0) is 31.8 Å². The van der Waals surface area contributed by atoms with E-state index < -0.39 is 6.09 Å². The summed E-state index contributed by atoms with van der Waals surface area (Å²) in [5.74, 6) is 1.69. The van der Waals surface area contributed by atoms with Crippen LogP contribution in [-0.2, 0) is 0 Å². The maximum atomic E-state index is 10.3. The number of carbonyl (C=O) groups is 2. The van der Waals surface area contributed by atoms with Gasteiger partial charge >= 0.3 is 6.09 Å². The van der Waals surface area contributed by atoms with Crippen molar-refractivity contribution in [2.45, 2.75) is 12.8 Å². The summed E-state index contributed by atoms with van der Waals surface area (Å²) in [4.78, 5) is 24.3. The van der Waals surface area contributed by atoms with E-state index in [0.29, 0.717) is 49.2 Å². The normalized spacial score (nSPS) is 19.0. The van der Waals surface area contributed by atoms with E-state index >= 15 is 0 Å². The van der Waals surface area contributed by atoms with Crippen molar-refractivity contribution >= 4 is 12.4 Å². The SMILES string of the molecule is O=C(O)NC[C@@H]1CCCNC1.O=Cc1cc2c(cn1)OCCO2. The van der Waals surface area contributed by atoms with Gasteiger partial charge in [-0.15, -0.1) is 0 Å². The second kappa shape index (κ2) is 8.94. The molecule has 0 unspecified atom stereocenters. The Balaban J connectivity index is 0.000000168. The van der Waals surface area contributed by atoms with Crippen LogP contribution in [-0.4, -0.2) is 55.3 Å². The van der Waals surface area contributed by atoms with Crippen molar-refractivity contribution in [3.8, 4) is 11.5 Å². The molecule has 0 saturated carbocycles. The minimum Gasteiger partial charge on any atom is -0.486 e. The van der Waals surface area contributed by atoms with Crippen molar-refractivity contribution in [2.75, 3.05) is 32.8 Å². The van der Waals surface area contributed by atoms with E-state index in [0.717, 1.165) is 25.9 Å². The first kappa shape index (κ1) is 17.0. The van der Waals surface area contributed by atoms with Crippen molar-refractivity contribution < 1.29 is 24.2 Å². The molecule has 0 bridgehead atoms. The highest BCUT2D eigenvalue weighted by Gasteiger charge is 2.13. The molecule has 8 heteroatoms. The van der Waals surface area contributed by atoms with E-state index in [-0.39, 0.29) is 0 Å². The number of ether oxygens (including phenoxy) is 2. The second-order valence-electron chi connectivity index (χ2n) is 5.27. The van der Waals surface area contributed by atoms with Gasteiger partial charge in [0, 0.05) is 12.6 Å². The number of carbonyl (C=O) groups excluding carboxylic acids is 1. The first-order valence-corrected chi connectivity index (χ1v) is 7.57. The zero-order valence-corrected chi connectivity index (χ0v) is 12.8. The van der Waals surface area contributed by atoms with Gasteiger partial charge in [0.05, 0.1) is 6.20 Å². The van der Waals surface area contributed by atoms with Gasteiger partial charge in [-0.3, -0.25) is 4.79 Å². The number of carboxylic acid groups (broad SMARTS) is 1. The molecular formula is C15H21N3O5. The molecule has 126 valence electrons. The van der Waals surface area contributed by atoms with Crippen molar-refractivity contribution in [1.82, 2.24) is 15.6 Å². The molecule has 1 aromatic heterocycles. The molecule has 1 fully saturated rings. The maximum absolute atomic E-state index is 10.3. The van der Waals surface area contributed by atoms with E-state index in [2.05, 4.69) is 15.6 Å². The monoisotopic (exact) mass is 323 g/mol. The highest BCUT2D eigenvalue weighted by Crippen LogP contribution is 2.28. The number of nitrogens with one attached hydrogen (secondary N) is 2. The zero-order chi connectivity index (χ0) is 16.5. The van der Waals surface area contributed by atoms with Crippen LogP contribution in [0.5, 0.6) is 11.5 Å². The Bertz CT molecular complexity index is 532. The maximum Gasteiger partial charge on any atom is 0.404 e. The third kappa shape index (κ3) is 5.74. The molecule has 8 nitrogen and oxygen atoms in total. The third-order valence-corrected chi connectivity index (χ3v) is 3.51. The number of pyridine rings is 1. The molecule has 1 amide bonds. The molecule has 1 atom stereocenters. The Morgan fingerprint density at radius 2 is 2.22 bits per heavy atom. The number of nitrogens with zero attached hydrogens (tertiary/aromatic N) is 1. The molecule has 23 heavy (non-hydrogen) atoms. The van der Waals surface area contributed by atoms with Gasteiger partial charge in [-0.1, -0.05) is 0 Å². The fourth-order valence-electron chi connectivity index (χ4n) is 2.36.